The number of allylic oxidation sites excluding steroid dienone is 1. The summed E-state index contributed by atoms with van der Waals surface area (Å²) in [6.45, 7) is 0. The van der Waals surface area contributed by atoms with Crippen LogP contribution in [0.3, 0.4) is 0 Å². The van der Waals surface area contributed by atoms with E-state index in [-0.39, 0.29) is 11.6 Å². The third kappa shape index (κ3) is 4.03. The van der Waals surface area contributed by atoms with Gasteiger partial charge in [0.25, 0.3) is 5.56 Å². The molecule has 0 bridgehead atoms. The second-order valence-electron chi connectivity index (χ2n) is 9.71. The minimum Gasteiger partial charge on any atom is -0.493 e. The highest BCUT2D eigenvalue weighted by Gasteiger charge is 2.33. The fraction of sp³-hybridized carbons (Fsp3) is 0.226. The highest BCUT2D eigenvalue weighted by molar-refractivity contribution is 7.07. The Morgan fingerprint density at radius 1 is 0.974 bits per heavy atom. The van der Waals surface area contributed by atoms with E-state index in [2.05, 4.69) is 41.3 Å². The van der Waals surface area contributed by atoms with Gasteiger partial charge >= 0.3 is 0 Å². The lowest BCUT2D eigenvalue weighted by Gasteiger charge is -2.31. The van der Waals surface area contributed by atoms with Gasteiger partial charge in [-0.25, -0.2) is 4.99 Å². The third-order valence-corrected chi connectivity index (χ3v) is 8.29. The molecule has 38 heavy (non-hydrogen) atoms. The standard InChI is InChI=1S/C31H29N3O3S/c1-33(2)22-13-9-19(10-14-22)17-27-30(35)34-29(21-12-16-25(36-3)26(18-21)37-4)24-15-11-20-7-5-6-8-23(20)28(24)32-31(34)38-27/h5-10,12-14,16-18,29H,11,15H2,1-4H3. The van der Waals surface area contributed by atoms with Gasteiger partial charge in [-0.15, -0.1) is 0 Å². The summed E-state index contributed by atoms with van der Waals surface area (Å²) in [7, 11) is 7.29. The molecule has 1 aliphatic carbocycles. The Kier molecular flexibility index (Phi) is 6.16. The van der Waals surface area contributed by atoms with Crippen molar-refractivity contribution in [1.29, 1.82) is 0 Å². The van der Waals surface area contributed by atoms with E-state index in [0.29, 0.717) is 20.8 Å². The van der Waals surface area contributed by atoms with Crippen LogP contribution < -0.4 is 29.3 Å². The molecule has 7 heteroatoms. The van der Waals surface area contributed by atoms with Crippen LogP contribution >= 0.6 is 11.3 Å². The molecule has 3 aromatic carbocycles. The van der Waals surface area contributed by atoms with Crippen molar-refractivity contribution in [2.75, 3.05) is 33.2 Å². The minimum atomic E-state index is -0.271. The van der Waals surface area contributed by atoms with Crippen LogP contribution in [0.4, 0.5) is 5.69 Å². The topological polar surface area (TPSA) is 56.1 Å². The summed E-state index contributed by atoms with van der Waals surface area (Å²) in [5.41, 5.74) is 7.63. The largest absolute Gasteiger partial charge is 0.493 e. The van der Waals surface area contributed by atoms with E-state index >= 15 is 0 Å². The Bertz CT molecular complexity index is 1750. The molecule has 1 aromatic heterocycles. The first-order valence-electron chi connectivity index (χ1n) is 12.6. The van der Waals surface area contributed by atoms with E-state index in [4.69, 9.17) is 14.5 Å². The molecule has 6 rings (SSSR count). The molecule has 0 saturated heterocycles. The number of aryl methyl sites for hydroxylation is 1. The molecule has 0 spiro atoms. The predicted molar refractivity (Wildman–Crippen MR) is 153 cm³/mol. The highest BCUT2D eigenvalue weighted by Crippen LogP contribution is 2.42. The molecule has 6 nitrogen and oxygen atoms in total. The fourth-order valence-corrected chi connectivity index (χ4v) is 6.37. The zero-order valence-electron chi connectivity index (χ0n) is 21.9. The average Bonchev–Trinajstić information content (AvgIpc) is 3.25. The number of hydrogen-bond donors (Lipinski definition) is 0. The number of methoxy groups -OCH3 is 2. The van der Waals surface area contributed by atoms with Crippen LogP contribution in [0, 0.1) is 0 Å². The summed E-state index contributed by atoms with van der Waals surface area (Å²) in [5.74, 6) is 1.30. The monoisotopic (exact) mass is 523 g/mol. The Labute approximate surface area is 225 Å². The molecule has 0 N–H and O–H groups in total. The lowest BCUT2D eigenvalue weighted by molar-refractivity contribution is 0.354. The summed E-state index contributed by atoms with van der Waals surface area (Å²) in [6.07, 6.45) is 3.72. The number of fused-ring (bicyclic) bond motifs is 3. The van der Waals surface area contributed by atoms with Crippen molar-refractivity contribution in [1.82, 2.24) is 4.57 Å². The van der Waals surface area contributed by atoms with Gasteiger partial charge in [0.2, 0.25) is 0 Å². The van der Waals surface area contributed by atoms with E-state index in [0.717, 1.165) is 46.5 Å². The number of aromatic nitrogens is 1. The number of nitrogens with zero attached hydrogens (tertiary/aromatic N) is 3. The molecule has 1 unspecified atom stereocenters. The lowest BCUT2D eigenvalue weighted by Crippen LogP contribution is -2.38. The van der Waals surface area contributed by atoms with Crippen LogP contribution in [-0.4, -0.2) is 32.9 Å². The molecule has 0 fully saturated rings. The van der Waals surface area contributed by atoms with Crippen molar-refractivity contribution in [2.24, 2.45) is 4.99 Å². The van der Waals surface area contributed by atoms with Crippen LogP contribution in [0.25, 0.3) is 11.8 Å². The van der Waals surface area contributed by atoms with Gasteiger partial charge < -0.3 is 14.4 Å². The second kappa shape index (κ2) is 9.65. The van der Waals surface area contributed by atoms with Gasteiger partial charge in [-0.2, -0.15) is 0 Å². The average molecular weight is 524 g/mol. The number of benzene rings is 3. The maximum Gasteiger partial charge on any atom is 0.271 e. The van der Waals surface area contributed by atoms with E-state index in [1.54, 1.807) is 14.2 Å². The summed E-state index contributed by atoms with van der Waals surface area (Å²) < 4.78 is 13.6. The Morgan fingerprint density at radius 2 is 1.74 bits per heavy atom. The van der Waals surface area contributed by atoms with Gasteiger partial charge in [0.05, 0.1) is 30.5 Å². The number of hydrogen-bond acceptors (Lipinski definition) is 6. The Hall–Kier alpha value is -4.10. The van der Waals surface area contributed by atoms with Gasteiger partial charge in [-0.3, -0.25) is 9.36 Å². The first-order chi connectivity index (χ1) is 18.5. The normalized spacial score (nSPS) is 16.3. The van der Waals surface area contributed by atoms with Crippen LogP contribution in [0.1, 0.15) is 34.7 Å². The first-order valence-corrected chi connectivity index (χ1v) is 13.4. The molecule has 1 atom stereocenters. The van der Waals surface area contributed by atoms with Crippen molar-refractivity contribution in [3.05, 3.63) is 114 Å². The third-order valence-electron chi connectivity index (χ3n) is 7.30. The van der Waals surface area contributed by atoms with Crippen LogP contribution in [-0.2, 0) is 6.42 Å². The number of anilines is 1. The van der Waals surface area contributed by atoms with Gasteiger partial charge in [0, 0.05) is 25.3 Å². The predicted octanol–water partition coefficient (Wildman–Crippen LogP) is 4.40. The van der Waals surface area contributed by atoms with Crippen LogP contribution in [0.5, 0.6) is 11.5 Å². The van der Waals surface area contributed by atoms with Gasteiger partial charge in [0.15, 0.2) is 16.3 Å². The fourth-order valence-electron chi connectivity index (χ4n) is 5.37. The van der Waals surface area contributed by atoms with Crippen molar-refractivity contribution < 1.29 is 9.47 Å². The van der Waals surface area contributed by atoms with Crippen molar-refractivity contribution >= 4 is 28.8 Å². The molecular weight excluding hydrogens is 494 g/mol. The first kappa shape index (κ1) is 24.2. The van der Waals surface area contributed by atoms with E-state index in [1.807, 2.05) is 55.1 Å². The summed E-state index contributed by atoms with van der Waals surface area (Å²) >= 11 is 1.44. The summed E-state index contributed by atoms with van der Waals surface area (Å²) in [5, 5.41) is 0. The summed E-state index contributed by atoms with van der Waals surface area (Å²) in [4.78, 5) is 21.8. The number of thiazole rings is 1. The van der Waals surface area contributed by atoms with E-state index < -0.39 is 0 Å². The Morgan fingerprint density at radius 3 is 2.47 bits per heavy atom. The molecule has 0 radical (unpaired) electrons. The van der Waals surface area contributed by atoms with Crippen molar-refractivity contribution in [2.45, 2.75) is 18.9 Å². The van der Waals surface area contributed by atoms with Crippen LogP contribution in [0.15, 0.2) is 82.1 Å². The zero-order chi connectivity index (χ0) is 26.4. The molecule has 1 aliphatic heterocycles. The Balaban J connectivity index is 1.58. The quantitative estimate of drug-likeness (QED) is 0.389. The van der Waals surface area contributed by atoms with Gasteiger partial charge in [0.1, 0.15) is 0 Å². The summed E-state index contributed by atoms with van der Waals surface area (Å²) in [6, 6.07) is 22.3. The van der Waals surface area contributed by atoms with Crippen molar-refractivity contribution in [3.8, 4) is 11.5 Å². The maximum absolute atomic E-state index is 14.0. The SMILES string of the molecule is COc1ccc(C2C3=C(N=c4sc(=Cc5ccc(N(C)C)cc5)c(=O)n42)c2ccccc2CC3)cc1OC. The van der Waals surface area contributed by atoms with E-state index in [1.165, 1.54) is 16.9 Å². The zero-order valence-corrected chi connectivity index (χ0v) is 22.7. The highest BCUT2D eigenvalue weighted by atomic mass is 32.1. The molecule has 192 valence electrons. The lowest BCUT2D eigenvalue weighted by atomic mass is 9.83. The van der Waals surface area contributed by atoms with Crippen LogP contribution in [0.2, 0.25) is 0 Å². The van der Waals surface area contributed by atoms with Gasteiger partial charge in [-0.1, -0.05) is 53.8 Å². The minimum absolute atomic E-state index is 0.0318. The number of ether oxygens (including phenoxy) is 2. The smallest absolute Gasteiger partial charge is 0.271 e. The molecular formula is C31H29N3O3S. The molecule has 0 amide bonds. The second-order valence-corrected chi connectivity index (χ2v) is 10.7. The molecule has 0 saturated carbocycles. The molecule has 2 aliphatic rings. The molecule has 4 aromatic rings. The number of rotatable bonds is 5. The van der Waals surface area contributed by atoms with Gasteiger partial charge in [-0.05, 0) is 65.4 Å². The van der Waals surface area contributed by atoms with Crippen molar-refractivity contribution in [3.63, 3.8) is 0 Å². The molecule has 2 heterocycles. The maximum atomic E-state index is 14.0. The van der Waals surface area contributed by atoms with E-state index in [9.17, 15) is 4.79 Å².